The van der Waals surface area contributed by atoms with Crippen LogP contribution in [-0.2, 0) is 14.8 Å². The molecule has 1 rings (SSSR count). The molecule has 0 aliphatic carbocycles. The molecule has 0 radical (unpaired) electrons. The first-order chi connectivity index (χ1) is 9.39. The van der Waals surface area contributed by atoms with Crippen LogP contribution in [0.5, 0.6) is 0 Å². The van der Waals surface area contributed by atoms with Gasteiger partial charge in [-0.15, -0.1) is 11.6 Å². The van der Waals surface area contributed by atoms with Crippen LogP contribution in [0.2, 0.25) is 0 Å². The van der Waals surface area contributed by atoms with E-state index in [1.807, 2.05) is 0 Å². The smallest absolute Gasteiger partial charge is 0.340 e. The number of hydrogen-bond acceptors (Lipinski definition) is 4. The number of halogens is 1. The molecule has 1 aromatic rings. The summed E-state index contributed by atoms with van der Waals surface area (Å²) in [7, 11) is -3.56. The van der Waals surface area contributed by atoms with E-state index in [9.17, 15) is 13.2 Å². The molecule has 0 saturated heterocycles. The molecule has 0 saturated carbocycles. The molecule has 1 unspecified atom stereocenters. The number of benzene rings is 1. The Balaban J connectivity index is 2.95. The van der Waals surface area contributed by atoms with E-state index in [1.54, 1.807) is 26.0 Å². The van der Waals surface area contributed by atoms with Crippen LogP contribution in [0.3, 0.4) is 0 Å². The van der Waals surface area contributed by atoms with E-state index in [0.29, 0.717) is 0 Å². The molecular weight excluding hydrogens is 302 g/mol. The van der Waals surface area contributed by atoms with Crippen LogP contribution in [0.25, 0.3) is 0 Å². The first-order valence-electron chi connectivity index (χ1n) is 6.22. The van der Waals surface area contributed by atoms with Crippen molar-refractivity contribution in [3.05, 3.63) is 29.8 Å². The Labute approximate surface area is 124 Å². The number of esters is 1. The summed E-state index contributed by atoms with van der Waals surface area (Å²) < 4.78 is 31.3. The number of nitrogens with one attached hydrogen (secondary N) is 1. The number of para-hydroxylation sites is 1. The molecule has 0 fully saturated rings. The summed E-state index contributed by atoms with van der Waals surface area (Å²) >= 11 is 5.62. The molecule has 0 aliphatic rings. The maximum absolute atomic E-state index is 12.0. The monoisotopic (exact) mass is 319 g/mol. The van der Waals surface area contributed by atoms with E-state index >= 15 is 0 Å². The number of sulfonamides is 1. The lowest BCUT2D eigenvalue weighted by molar-refractivity contribution is 0.0527. The van der Waals surface area contributed by atoms with Gasteiger partial charge in [0.15, 0.2) is 0 Å². The van der Waals surface area contributed by atoms with Crippen LogP contribution in [0, 0.1) is 5.92 Å². The van der Waals surface area contributed by atoms with Gasteiger partial charge in [-0.1, -0.05) is 19.1 Å². The van der Waals surface area contributed by atoms with Gasteiger partial charge in [-0.25, -0.2) is 13.2 Å². The van der Waals surface area contributed by atoms with Crippen molar-refractivity contribution in [3.8, 4) is 0 Å². The fourth-order valence-corrected chi connectivity index (χ4v) is 3.29. The summed E-state index contributed by atoms with van der Waals surface area (Å²) in [5.74, 6) is -0.589. The van der Waals surface area contributed by atoms with Gasteiger partial charge in [0.2, 0.25) is 10.0 Å². The van der Waals surface area contributed by atoms with Crippen molar-refractivity contribution in [1.82, 2.24) is 0 Å². The lowest BCUT2D eigenvalue weighted by atomic mass is 10.2. The van der Waals surface area contributed by atoms with Crippen LogP contribution in [0.15, 0.2) is 24.3 Å². The highest BCUT2D eigenvalue weighted by Crippen LogP contribution is 2.18. The number of anilines is 1. The highest BCUT2D eigenvalue weighted by molar-refractivity contribution is 7.92. The predicted molar refractivity (Wildman–Crippen MR) is 79.7 cm³/mol. The van der Waals surface area contributed by atoms with Crippen LogP contribution in [-0.4, -0.2) is 32.6 Å². The van der Waals surface area contributed by atoms with Gasteiger partial charge in [0, 0.05) is 5.88 Å². The number of rotatable bonds is 7. The van der Waals surface area contributed by atoms with Gasteiger partial charge >= 0.3 is 5.97 Å². The molecule has 1 N–H and O–H groups in total. The molecule has 7 heteroatoms. The van der Waals surface area contributed by atoms with Crippen molar-refractivity contribution in [1.29, 1.82) is 0 Å². The van der Waals surface area contributed by atoms with E-state index in [2.05, 4.69) is 4.72 Å². The normalized spacial score (nSPS) is 12.8. The Hall–Kier alpha value is -1.27. The van der Waals surface area contributed by atoms with Gasteiger partial charge in [-0.05, 0) is 25.0 Å². The molecule has 0 bridgehead atoms. The van der Waals surface area contributed by atoms with E-state index in [0.717, 1.165) is 0 Å². The lowest BCUT2D eigenvalue weighted by Crippen LogP contribution is -2.23. The minimum atomic E-state index is -3.56. The summed E-state index contributed by atoms with van der Waals surface area (Å²) in [6, 6.07) is 6.33. The standard InChI is InChI=1S/C13H18ClNO4S/c1-3-19-13(16)11-6-4-5-7-12(11)15-20(17,18)9-10(2)8-14/h4-7,10,15H,3,8-9H2,1-2H3. The molecular formula is C13H18ClNO4S. The number of carbonyl (C=O) groups is 1. The minimum absolute atomic E-state index is 0.104. The third-order valence-electron chi connectivity index (χ3n) is 2.46. The summed E-state index contributed by atoms with van der Waals surface area (Å²) in [5.41, 5.74) is 0.407. The second-order valence-corrected chi connectivity index (χ2v) is 6.48. The van der Waals surface area contributed by atoms with Crippen molar-refractivity contribution < 1.29 is 17.9 Å². The number of alkyl halides is 1. The van der Waals surface area contributed by atoms with E-state index in [-0.39, 0.29) is 35.4 Å². The fraction of sp³-hybridized carbons (Fsp3) is 0.462. The molecule has 20 heavy (non-hydrogen) atoms. The average molecular weight is 320 g/mol. The largest absolute Gasteiger partial charge is 0.462 e. The number of hydrogen-bond donors (Lipinski definition) is 1. The second kappa shape index (κ2) is 7.50. The third-order valence-corrected chi connectivity index (χ3v) is 4.52. The van der Waals surface area contributed by atoms with Crippen LogP contribution in [0.4, 0.5) is 5.69 Å². The summed E-state index contributed by atoms with van der Waals surface area (Å²) in [6.45, 7) is 3.65. The Kier molecular flexibility index (Phi) is 6.29. The van der Waals surface area contributed by atoms with Crippen molar-refractivity contribution in [3.63, 3.8) is 0 Å². The Morgan fingerprint density at radius 1 is 1.40 bits per heavy atom. The second-order valence-electron chi connectivity index (χ2n) is 4.41. The lowest BCUT2D eigenvalue weighted by Gasteiger charge is -2.13. The SMILES string of the molecule is CCOC(=O)c1ccccc1NS(=O)(=O)CC(C)CCl. The molecule has 0 spiro atoms. The first kappa shape index (κ1) is 16.8. The van der Waals surface area contributed by atoms with Crippen molar-refractivity contribution in [2.75, 3.05) is 23.0 Å². The summed E-state index contributed by atoms with van der Waals surface area (Å²) in [6.07, 6.45) is 0. The molecule has 0 heterocycles. The fourth-order valence-electron chi connectivity index (χ4n) is 1.59. The molecule has 0 amide bonds. The Morgan fingerprint density at radius 3 is 2.65 bits per heavy atom. The van der Waals surface area contributed by atoms with Crippen LogP contribution in [0.1, 0.15) is 24.2 Å². The summed E-state index contributed by atoms with van der Waals surface area (Å²) in [5, 5.41) is 0. The van der Waals surface area contributed by atoms with Gasteiger partial charge in [0.25, 0.3) is 0 Å². The van der Waals surface area contributed by atoms with E-state index in [1.165, 1.54) is 12.1 Å². The van der Waals surface area contributed by atoms with E-state index in [4.69, 9.17) is 16.3 Å². The first-order valence-corrected chi connectivity index (χ1v) is 8.41. The van der Waals surface area contributed by atoms with Gasteiger partial charge in [0.05, 0.1) is 23.6 Å². The van der Waals surface area contributed by atoms with Gasteiger partial charge in [-0.3, -0.25) is 4.72 Å². The predicted octanol–water partition coefficient (Wildman–Crippen LogP) is 2.48. The molecule has 0 aromatic heterocycles. The van der Waals surface area contributed by atoms with Crippen molar-refractivity contribution in [2.24, 2.45) is 5.92 Å². The molecule has 0 aliphatic heterocycles. The van der Waals surface area contributed by atoms with Gasteiger partial charge in [-0.2, -0.15) is 0 Å². The maximum Gasteiger partial charge on any atom is 0.340 e. The maximum atomic E-state index is 12.0. The Morgan fingerprint density at radius 2 is 2.05 bits per heavy atom. The van der Waals surface area contributed by atoms with Crippen molar-refractivity contribution in [2.45, 2.75) is 13.8 Å². The molecule has 112 valence electrons. The average Bonchev–Trinajstić information content (AvgIpc) is 2.38. The molecule has 1 atom stereocenters. The highest BCUT2D eigenvalue weighted by Gasteiger charge is 2.19. The Bertz CT molecular complexity index is 559. The summed E-state index contributed by atoms with van der Waals surface area (Å²) in [4.78, 5) is 11.8. The zero-order valence-corrected chi connectivity index (χ0v) is 13.0. The third kappa shape index (κ3) is 5.02. The topological polar surface area (TPSA) is 72.5 Å². The zero-order chi connectivity index (χ0) is 15.2. The zero-order valence-electron chi connectivity index (χ0n) is 11.4. The highest BCUT2D eigenvalue weighted by atomic mass is 35.5. The van der Waals surface area contributed by atoms with Gasteiger partial charge in [0.1, 0.15) is 0 Å². The van der Waals surface area contributed by atoms with Gasteiger partial charge < -0.3 is 4.74 Å². The van der Waals surface area contributed by atoms with E-state index < -0.39 is 16.0 Å². The molecule has 5 nitrogen and oxygen atoms in total. The van der Waals surface area contributed by atoms with Crippen LogP contribution < -0.4 is 4.72 Å². The van der Waals surface area contributed by atoms with Crippen LogP contribution >= 0.6 is 11.6 Å². The molecule has 1 aromatic carbocycles. The number of ether oxygens (including phenoxy) is 1. The number of carbonyl (C=O) groups excluding carboxylic acids is 1. The quantitative estimate of drug-likeness (QED) is 0.619. The minimum Gasteiger partial charge on any atom is -0.462 e. The van der Waals surface area contributed by atoms with Crippen molar-refractivity contribution >= 4 is 33.3 Å².